The highest BCUT2D eigenvalue weighted by atomic mass is 32.2. The smallest absolute Gasteiger partial charge is 0.308 e. The van der Waals surface area contributed by atoms with Crippen LogP contribution in [0.5, 0.6) is 0 Å². The zero-order valence-corrected chi connectivity index (χ0v) is 17.9. The number of anilines is 1. The molecule has 154 valence electrons. The van der Waals surface area contributed by atoms with Crippen LogP contribution < -0.4 is 4.90 Å². The number of ketones is 1. The number of nitrogens with zero attached hydrogens (tertiary/aromatic N) is 2. The second kappa shape index (κ2) is 9.31. The van der Waals surface area contributed by atoms with Gasteiger partial charge in [0.2, 0.25) is 11.7 Å². The Bertz CT molecular complexity index is 935. The van der Waals surface area contributed by atoms with Gasteiger partial charge in [-0.15, -0.1) is 11.8 Å². The SMILES string of the molecule is CCCn1c(C)cc(C(=O)COC(=O)CCN2C(=O)CSc3ccccc32)c1C. The van der Waals surface area contributed by atoms with Crippen LogP contribution in [0.1, 0.15) is 41.5 Å². The Labute approximate surface area is 175 Å². The number of amides is 1. The van der Waals surface area contributed by atoms with Crippen LogP contribution in [0, 0.1) is 13.8 Å². The van der Waals surface area contributed by atoms with E-state index in [9.17, 15) is 14.4 Å². The number of para-hydroxylation sites is 1. The molecule has 0 spiro atoms. The van der Waals surface area contributed by atoms with E-state index in [0.29, 0.717) is 11.3 Å². The minimum absolute atomic E-state index is 0.0269. The van der Waals surface area contributed by atoms with E-state index in [-0.39, 0.29) is 31.3 Å². The fraction of sp³-hybridized carbons (Fsp3) is 0.409. The van der Waals surface area contributed by atoms with Gasteiger partial charge in [-0.2, -0.15) is 0 Å². The molecule has 7 heteroatoms. The molecule has 0 fully saturated rings. The minimum Gasteiger partial charge on any atom is -0.457 e. The maximum absolute atomic E-state index is 12.5. The van der Waals surface area contributed by atoms with Crippen molar-refractivity contribution >= 4 is 35.1 Å². The van der Waals surface area contributed by atoms with Gasteiger partial charge in [0.15, 0.2) is 6.61 Å². The van der Waals surface area contributed by atoms with Crippen LogP contribution in [-0.4, -0.2) is 41.1 Å². The van der Waals surface area contributed by atoms with Crippen LogP contribution in [0.4, 0.5) is 5.69 Å². The Morgan fingerprint density at radius 3 is 2.69 bits per heavy atom. The van der Waals surface area contributed by atoms with Gasteiger partial charge >= 0.3 is 5.97 Å². The number of aromatic nitrogens is 1. The number of Topliss-reactive ketones (excluding diaryl/α,β-unsaturated/α-hetero) is 1. The molecule has 0 bridgehead atoms. The number of hydrogen-bond donors (Lipinski definition) is 0. The monoisotopic (exact) mass is 414 g/mol. The highest BCUT2D eigenvalue weighted by molar-refractivity contribution is 8.00. The summed E-state index contributed by atoms with van der Waals surface area (Å²) in [6, 6.07) is 9.49. The molecule has 1 aliphatic rings. The molecule has 1 aliphatic heterocycles. The molecule has 1 aromatic heterocycles. The lowest BCUT2D eigenvalue weighted by atomic mass is 10.1. The van der Waals surface area contributed by atoms with Crippen LogP contribution in [0.15, 0.2) is 35.2 Å². The normalized spacial score (nSPS) is 13.3. The van der Waals surface area contributed by atoms with E-state index in [4.69, 9.17) is 4.74 Å². The number of aryl methyl sites for hydroxylation is 1. The minimum atomic E-state index is -0.482. The average Bonchev–Trinajstić information content (AvgIpc) is 3.00. The molecule has 6 nitrogen and oxygen atoms in total. The molecule has 0 saturated heterocycles. The molecule has 2 heterocycles. The molecule has 1 aromatic carbocycles. The highest BCUT2D eigenvalue weighted by Gasteiger charge is 2.25. The third kappa shape index (κ3) is 4.72. The van der Waals surface area contributed by atoms with Crippen molar-refractivity contribution in [2.24, 2.45) is 0 Å². The molecule has 0 aliphatic carbocycles. The van der Waals surface area contributed by atoms with Crippen molar-refractivity contribution in [2.45, 2.75) is 45.1 Å². The summed E-state index contributed by atoms with van der Waals surface area (Å²) in [7, 11) is 0. The number of fused-ring (bicyclic) bond motifs is 1. The lowest BCUT2D eigenvalue weighted by molar-refractivity contribution is -0.142. The lowest BCUT2D eigenvalue weighted by Crippen LogP contribution is -2.37. The van der Waals surface area contributed by atoms with E-state index in [2.05, 4.69) is 11.5 Å². The Balaban J connectivity index is 1.55. The standard InChI is InChI=1S/C22H26N2O4S/c1-4-10-23-15(2)12-17(16(23)3)19(25)13-28-22(27)9-11-24-18-7-5-6-8-20(18)29-14-21(24)26/h5-8,12H,4,9-11,13-14H2,1-3H3. The van der Waals surface area contributed by atoms with Gasteiger partial charge in [0.25, 0.3) is 0 Å². The summed E-state index contributed by atoms with van der Waals surface area (Å²) in [6.45, 7) is 6.79. The van der Waals surface area contributed by atoms with Gasteiger partial charge < -0.3 is 14.2 Å². The largest absolute Gasteiger partial charge is 0.457 e. The molecule has 0 saturated carbocycles. The van der Waals surface area contributed by atoms with Crippen LogP contribution in [0.3, 0.4) is 0 Å². The van der Waals surface area contributed by atoms with Gasteiger partial charge in [-0.1, -0.05) is 19.1 Å². The van der Waals surface area contributed by atoms with Gasteiger partial charge in [-0.05, 0) is 38.5 Å². The average molecular weight is 415 g/mol. The summed E-state index contributed by atoms with van der Waals surface area (Å²) >= 11 is 1.50. The molecule has 2 aromatic rings. The number of esters is 1. The van der Waals surface area contributed by atoms with Crippen LogP contribution in [0.25, 0.3) is 0 Å². The summed E-state index contributed by atoms with van der Waals surface area (Å²) in [6.07, 6.45) is 1.03. The third-order valence-corrected chi connectivity index (χ3v) is 6.08. The van der Waals surface area contributed by atoms with E-state index in [1.165, 1.54) is 11.8 Å². The van der Waals surface area contributed by atoms with E-state index in [1.54, 1.807) is 4.90 Å². The van der Waals surface area contributed by atoms with Crippen molar-refractivity contribution in [2.75, 3.05) is 23.8 Å². The van der Waals surface area contributed by atoms with Gasteiger partial charge in [0, 0.05) is 34.9 Å². The summed E-state index contributed by atoms with van der Waals surface area (Å²) in [5, 5.41) is 0. The Kier molecular flexibility index (Phi) is 6.79. The first-order valence-corrected chi connectivity index (χ1v) is 10.8. The number of rotatable bonds is 8. The van der Waals surface area contributed by atoms with Crippen molar-refractivity contribution in [1.82, 2.24) is 4.57 Å². The number of benzene rings is 1. The van der Waals surface area contributed by atoms with E-state index in [1.807, 2.05) is 44.2 Å². The number of thioether (sulfide) groups is 1. The summed E-state index contributed by atoms with van der Waals surface area (Å²) in [5.74, 6) is -0.354. The quantitative estimate of drug-likeness (QED) is 0.486. The van der Waals surface area contributed by atoms with Gasteiger partial charge in [0.1, 0.15) is 0 Å². The predicted molar refractivity (Wildman–Crippen MR) is 114 cm³/mol. The van der Waals surface area contributed by atoms with Crippen LogP contribution >= 0.6 is 11.8 Å². The second-order valence-electron chi connectivity index (χ2n) is 7.07. The zero-order valence-electron chi connectivity index (χ0n) is 17.1. The molecule has 1 amide bonds. The highest BCUT2D eigenvalue weighted by Crippen LogP contribution is 2.34. The predicted octanol–water partition coefficient (Wildman–Crippen LogP) is 3.77. The first-order chi connectivity index (χ1) is 13.9. The molecular formula is C22H26N2O4S. The topological polar surface area (TPSA) is 68.6 Å². The summed E-state index contributed by atoms with van der Waals surface area (Å²) in [5.41, 5.74) is 3.35. The molecular weight excluding hydrogens is 388 g/mol. The van der Waals surface area contributed by atoms with Gasteiger partial charge in [-0.3, -0.25) is 14.4 Å². The van der Waals surface area contributed by atoms with E-state index < -0.39 is 5.97 Å². The molecule has 29 heavy (non-hydrogen) atoms. The number of ether oxygens (including phenoxy) is 1. The third-order valence-electron chi connectivity index (χ3n) is 5.03. The molecule has 0 atom stereocenters. The fourth-order valence-electron chi connectivity index (χ4n) is 3.55. The Hall–Kier alpha value is -2.54. The first-order valence-electron chi connectivity index (χ1n) is 9.80. The number of carbonyl (C=O) groups is 3. The number of carbonyl (C=O) groups excluding carboxylic acids is 3. The van der Waals surface area contributed by atoms with Crippen molar-refractivity contribution in [3.8, 4) is 0 Å². The van der Waals surface area contributed by atoms with E-state index >= 15 is 0 Å². The Morgan fingerprint density at radius 1 is 1.17 bits per heavy atom. The van der Waals surface area contributed by atoms with Crippen LogP contribution in [-0.2, 0) is 20.9 Å². The zero-order chi connectivity index (χ0) is 21.0. The maximum atomic E-state index is 12.5. The summed E-state index contributed by atoms with van der Waals surface area (Å²) in [4.78, 5) is 39.6. The van der Waals surface area contributed by atoms with Gasteiger partial charge in [0.05, 0.1) is 17.9 Å². The fourth-order valence-corrected chi connectivity index (χ4v) is 4.48. The first kappa shape index (κ1) is 21.2. The molecule has 0 radical (unpaired) electrons. The van der Waals surface area contributed by atoms with Gasteiger partial charge in [-0.25, -0.2) is 0 Å². The maximum Gasteiger partial charge on any atom is 0.308 e. The summed E-state index contributed by atoms with van der Waals surface area (Å²) < 4.78 is 7.30. The molecule has 0 unspecified atom stereocenters. The lowest BCUT2D eigenvalue weighted by Gasteiger charge is -2.28. The number of hydrogen-bond acceptors (Lipinski definition) is 5. The molecule has 0 N–H and O–H groups in total. The van der Waals surface area contributed by atoms with Crippen molar-refractivity contribution in [1.29, 1.82) is 0 Å². The second-order valence-corrected chi connectivity index (χ2v) is 8.09. The molecule has 3 rings (SSSR count). The van der Waals surface area contributed by atoms with E-state index in [0.717, 1.165) is 34.9 Å². The Morgan fingerprint density at radius 2 is 1.93 bits per heavy atom. The van der Waals surface area contributed by atoms with Crippen LogP contribution in [0.2, 0.25) is 0 Å². The van der Waals surface area contributed by atoms with Crippen molar-refractivity contribution in [3.05, 3.63) is 47.3 Å². The van der Waals surface area contributed by atoms with Crippen molar-refractivity contribution < 1.29 is 19.1 Å². The van der Waals surface area contributed by atoms with Crippen molar-refractivity contribution in [3.63, 3.8) is 0 Å².